The third-order valence-corrected chi connectivity index (χ3v) is 3.50. The molecule has 7 heteroatoms. The lowest BCUT2D eigenvalue weighted by Gasteiger charge is -2.10. The van der Waals surface area contributed by atoms with Gasteiger partial charge in [0.25, 0.3) is 0 Å². The van der Waals surface area contributed by atoms with Crippen molar-refractivity contribution in [2.75, 3.05) is 10.6 Å². The number of carbonyl (C=O) groups is 1. The maximum atomic E-state index is 12.1. The zero-order valence-corrected chi connectivity index (χ0v) is 13.5. The van der Waals surface area contributed by atoms with Crippen molar-refractivity contribution in [2.45, 2.75) is 19.8 Å². The Morgan fingerprint density at radius 2 is 1.92 bits per heavy atom. The van der Waals surface area contributed by atoms with Gasteiger partial charge in [0, 0.05) is 24.1 Å². The maximum absolute atomic E-state index is 12.1. The van der Waals surface area contributed by atoms with Crippen LogP contribution in [-0.2, 0) is 0 Å². The second-order valence-electron chi connectivity index (χ2n) is 5.59. The van der Waals surface area contributed by atoms with Crippen molar-refractivity contribution in [3.05, 3.63) is 60.9 Å². The number of aromatic nitrogens is 4. The summed E-state index contributed by atoms with van der Waals surface area (Å²) in [4.78, 5) is 24.3. The summed E-state index contributed by atoms with van der Waals surface area (Å²) in [7, 11) is 0. The number of amides is 2. The van der Waals surface area contributed by atoms with Crippen molar-refractivity contribution in [2.24, 2.45) is 0 Å². The van der Waals surface area contributed by atoms with E-state index in [1.807, 2.05) is 24.3 Å². The van der Waals surface area contributed by atoms with Crippen molar-refractivity contribution in [1.82, 2.24) is 19.5 Å². The zero-order chi connectivity index (χ0) is 16.9. The summed E-state index contributed by atoms with van der Waals surface area (Å²) in [5.74, 6) is 1.49. The highest BCUT2D eigenvalue weighted by Crippen LogP contribution is 2.17. The first kappa shape index (κ1) is 15.7. The predicted octanol–water partition coefficient (Wildman–Crippen LogP) is 3.43. The summed E-state index contributed by atoms with van der Waals surface area (Å²) in [6.07, 6.45) is 6.44. The largest absolute Gasteiger partial charge is 0.324 e. The minimum Gasteiger partial charge on any atom is -0.308 e. The summed E-state index contributed by atoms with van der Waals surface area (Å²) in [6.45, 7) is 4.25. The van der Waals surface area contributed by atoms with E-state index < -0.39 is 0 Å². The van der Waals surface area contributed by atoms with E-state index in [9.17, 15) is 4.79 Å². The number of anilines is 2. The van der Waals surface area contributed by atoms with Crippen molar-refractivity contribution in [1.29, 1.82) is 0 Å². The van der Waals surface area contributed by atoms with Gasteiger partial charge in [-0.2, -0.15) is 0 Å². The summed E-state index contributed by atoms with van der Waals surface area (Å²) >= 11 is 0. The van der Waals surface area contributed by atoms with Crippen LogP contribution in [0.25, 0.3) is 5.82 Å². The molecule has 0 aliphatic heterocycles. The average Bonchev–Trinajstić information content (AvgIpc) is 3.10. The molecule has 2 N–H and O–H groups in total. The van der Waals surface area contributed by atoms with Gasteiger partial charge in [-0.05, 0) is 23.6 Å². The Morgan fingerprint density at radius 3 is 2.58 bits per heavy atom. The second-order valence-corrected chi connectivity index (χ2v) is 5.59. The number of imidazole rings is 1. The molecule has 0 saturated carbocycles. The molecular weight excluding hydrogens is 304 g/mol. The predicted molar refractivity (Wildman–Crippen MR) is 92.3 cm³/mol. The zero-order valence-electron chi connectivity index (χ0n) is 13.5. The summed E-state index contributed by atoms with van der Waals surface area (Å²) in [5.41, 5.74) is 1.95. The fourth-order valence-electron chi connectivity index (χ4n) is 2.18. The number of hydrogen-bond acceptors (Lipinski definition) is 4. The van der Waals surface area contributed by atoms with Crippen LogP contribution in [0, 0.1) is 0 Å². The Bertz CT molecular complexity index is 811. The number of hydrogen-bond donors (Lipinski definition) is 2. The second kappa shape index (κ2) is 6.91. The number of carbonyl (C=O) groups excluding carboxylic acids is 1. The number of benzene rings is 1. The van der Waals surface area contributed by atoms with Crippen LogP contribution in [0.3, 0.4) is 0 Å². The summed E-state index contributed by atoms with van der Waals surface area (Å²) in [5, 5.41) is 5.48. The van der Waals surface area contributed by atoms with Crippen LogP contribution in [0.2, 0.25) is 0 Å². The molecule has 0 fully saturated rings. The highest BCUT2D eigenvalue weighted by molar-refractivity contribution is 5.99. The maximum Gasteiger partial charge on any atom is 0.324 e. The first-order valence-corrected chi connectivity index (χ1v) is 7.60. The Labute approximate surface area is 139 Å². The molecule has 122 valence electrons. The van der Waals surface area contributed by atoms with Crippen LogP contribution in [0.5, 0.6) is 0 Å². The van der Waals surface area contributed by atoms with Gasteiger partial charge in [0.05, 0.1) is 0 Å². The quantitative estimate of drug-likeness (QED) is 0.770. The molecule has 3 aromatic rings. The number of rotatable bonds is 4. The molecule has 3 rings (SSSR count). The molecule has 0 unspecified atom stereocenters. The highest BCUT2D eigenvalue weighted by Gasteiger charge is 2.06. The molecule has 0 spiro atoms. The Hall–Kier alpha value is -3.22. The van der Waals surface area contributed by atoms with Crippen LogP contribution < -0.4 is 10.6 Å². The third kappa shape index (κ3) is 3.75. The van der Waals surface area contributed by atoms with E-state index in [1.165, 1.54) is 11.9 Å². The van der Waals surface area contributed by atoms with Gasteiger partial charge in [0.1, 0.15) is 24.3 Å². The van der Waals surface area contributed by atoms with Crippen molar-refractivity contribution in [3.8, 4) is 5.82 Å². The van der Waals surface area contributed by atoms with Gasteiger partial charge in [0.15, 0.2) is 0 Å². The van der Waals surface area contributed by atoms with E-state index in [2.05, 4.69) is 39.4 Å². The smallest absolute Gasteiger partial charge is 0.308 e. The molecule has 2 heterocycles. The van der Waals surface area contributed by atoms with Crippen molar-refractivity contribution < 1.29 is 4.79 Å². The van der Waals surface area contributed by atoms with Crippen LogP contribution in [0.4, 0.5) is 16.3 Å². The van der Waals surface area contributed by atoms with E-state index in [0.29, 0.717) is 17.6 Å². The molecule has 24 heavy (non-hydrogen) atoms. The van der Waals surface area contributed by atoms with E-state index in [-0.39, 0.29) is 6.03 Å². The lowest BCUT2D eigenvalue weighted by molar-refractivity contribution is 0.262. The van der Waals surface area contributed by atoms with E-state index in [4.69, 9.17) is 0 Å². The molecule has 0 radical (unpaired) electrons. The molecule has 0 atom stereocenters. The molecular formula is C17H18N6O. The minimum absolute atomic E-state index is 0.359. The first-order valence-electron chi connectivity index (χ1n) is 7.60. The number of nitrogens with zero attached hydrogens (tertiary/aromatic N) is 4. The van der Waals surface area contributed by atoms with Gasteiger partial charge in [-0.25, -0.2) is 19.7 Å². The summed E-state index contributed by atoms with van der Waals surface area (Å²) in [6, 6.07) is 9.08. The van der Waals surface area contributed by atoms with Gasteiger partial charge in [0.2, 0.25) is 0 Å². The van der Waals surface area contributed by atoms with Crippen LogP contribution >= 0.6 is 0 Å². The van der Waals surface area contributed by atoms with Crippen molar-refractivity contribution in [3.63, 3.8) is 0 Å². The fraction of sp³-hybridized carbons (Fsp3) is 0.176. The van der Waals surface area contributed by atoms with E-state index in [0.717, 1.165) is 5.69 Å². The monoisotopic (exact) mass is 322 g/mol. The highest BCUT2D eigenvalue weighted by atomic mass is 16.2. The molecule has 0 aliphatic carbocycles. The standard InChI is InChI=1S/C17H18N6O/c1-12(2)13-3-5-14(6-4-13)21-17(24)22-15-9-16(20-10-19-15)23-8-7-18-11-23/h3-12H,1-2H3,(H2,19,20,21,22,24). The normalized spacial score (nSPS) is 10.6. The third-order valence-electron chi connectivity index (χ3n) is 3.50. The molecule has 7 nitrogen and oxygen atoms in total. The first-order chi connectivity index (χ1) is 11.6. The summed E-state index contributed by atoms with van der Waals surface area (Å²) < 4.78 is 1.73. The van der Waals surface area contributed by atoms with Crippen LogP contribution in [0.15, 0.2) is 55.4 Å². The molecule has 0 aliphatic rings. The van der Waals surface area contributed by atoms with E-state index >= 15 is 0 Å². The Morgan fingerprint density at radius 1 is 1.12 bits per heavy atom. The van der Waals surface area contributed by atoms with Crippen LogP contribution in [0.1, 0.15) is 25.3 Å². The SMILES string of the molecule is CC(C)c1ccc(NC(=O)Nc2cc(-n3ccnc3)ncn2)cc1. The van der Waals surface area contributed by atoms with Crippen LogP contribution in [-0.4, -0.2) is 25.6 Å². The molecule has 1 aromatic carbocycles. The number of urea groups is 1. The molecule has 0 bridgehead atoms. The molecule has 2 aromatic heterocycles. The molecule has 2 amide bonds. The fourth-order valence-corrected chi connectivity index (χ4v) is 2.18. The lowest BCUT2D eigenvalue weighted by atomic mass is 10.0. The van der Waals surface area contributed by atoms with Crippen molar-refractivity contribution >= 4 is 17.5 Å². The van der Waals surface area contributed by atoms with Gasteiger partial charge in [-0.15, -0.1) is 0 Å². The van der Waals surface area contributed by atoms with Gasteiger partial charge in [-0.3, -0.25) is 9.88 Å². The topological polar surface area (TPSA) is 84.7 Å². The van der Waals surface area contributed by atoms with Gasteiger partial charge in [-0.1, -0.05) is 26.0 Å². The lowest BCUT2D eigenvalue weighted by Crippen LogP contribution is -2.20. The van der Waals surface area contributed by atoms with Gasteiger partial charge >= 0.3 is 6.03 Å². The minimum atomic E-state index is -0.359. The Balaban J connectivity index is 1.65. The molecule has 0 saturated heterocycles. The van der Waals surface area contributed by atoms with E-state index in [1.54, 1.807) is 29.4 Å². The van der Waals surface area contributed by atoms with Gasteiger partial charge < -0.3 is 5.32 Å². The average molecular weight is 322 g/mol. The Kier molecular flexibility index (Phi) is 4.51. The number of nitrogens with one attached hydrogen (secondary N) is 2.